The molecule has 1 amide bonds. The first-order valence-electron chi connectivity index (χ1n) is 6.64. The third kappa shape index (κ3) is 3.69. The van der Waals surface area contributed by atoms with E-state index in [-0.39, 0.29) is 5.91 Å². The molecule has 0 spiro atoms. The summed E-state index contributed by atoms with van der Waals surface area (Å²) in [6, 6.07) is 16.6. The highest BCUT2D eigenvalue weighted by Gasteiger charge is 2.10. The second-order valence-electron chi connectivity index (χ2n) is 4.62. The van der Waals surface area contributed by atoms with Gasteiger partial charge in [-0.05, 0) is 29.8 Å². The molecule has 0 unspecified atom stereocenters. The molecule has 22 heavy (non-hydrogen) atoms. The van der Waals surface area contributed by atoms with E-state index in [0.717, 1.165) is 10.6 Å². The molecule has 0 fully saturated rings. The van der Waals surface area contributed by atoms with E-state index in [2.05, 4.69) is 15.5 Å². The van der Waals surface area contributed by atoms with Crippen molar-refractivity contribution in [2.24, 2.45) is 0 Å². The van der Waals surface area contributed by atoms with Crippen molar-refractivity contribution in [2.45, 2.75) is 6.42 Å². The molecule has 4 nitrogen and oxygen atoms in total. The molecule has 2 aromatic carbocycles. The van der Waals surface area contributed by atoms with Crippen LogP contribution < -0.4 is 5.32 Å². The molecule has 1 aromatic heterocycles. The largest absolute Gasteiger partial charge is 0.296 e. The second-order valence-corrected chi connectivity index (χ2v) is 6.12. The molecule has 6 heteroatoms. The number of carbonyl (C=O) groups is 1. The van der Waals surface area contributed by atoms with Crippen molar-refractivity contribution in [1.82, 2.24) is 10.2 Å². The highest BCUT2D eigenvalue weighted by molar-refractivity contribution is 7.15. The Bertz CT molecular complexity index is 772. The maximum Gasteiger partial charge on any atom is 0.257 e. The van der Waals surface area contributed by atoms with E-state index in [0.29, 0.717) is 22.1 Å². The number of rotatable bonds is 4. The number of amides is 1. The van der Waals surface area contributed by atoms with Crippen molar-refractivity contribution in [1.29, 1.82) is 0 Å². The summed E-state index contributed by atoms with van der Waals surface area (Å²) in [5, 5.41) is 12.9. The van der Waals surface area contributed by atoms with Crippen molar-refractivity contribution in [3.63, 3.8) is 0 Å². The number of nitrogens with zero attached hydrogens (tertiary/aromatic N) is 2. The predicted octanol–water partition coefficient (Wildman–Crippen LogP) is 4.03. The minimum atomic E-state index is -0.185. The molecule has 3 aromatic rings. The van der Waals surface area contributed by atoms with Crippen LogP contribution in [0.3, 0.4) is 0 Å². The van der Waals surface area contributed by atoms with Gasteiger partial charge in [-0.25, -0.2) is 0 Å². The Morgan fingerprint density at radius 2 is 1.77 bits per heavy atom. The van der Waals surface area contributed by atoms with Gasteiger partial charge in [0.05, 0.1) is 0 Å². The summed E-state index contributed by atoms with van der Waals surface area (Å²) in [7, 11) is 0. The van der Waals surface area contributed by atoms with Crippen LogP contribution in [0.5, 0.6) is 0 Å². The smallest absolute Gasteiger partial charge is 0.257 e. The van der Waals surface area contributed by atoms with Gasteiger partial charge in [-0.15, -0.1) is 10.2 Å². The number of carbonyl (C=O) groups excluding carboxylic acids is 1. The van der Waals surface area contributed by atoms with Crippen LogP contribution in [0.2, 0.25) is 5.02 Å². The lowest BCUT2D eigenvalue weighted by atomic mass is 10.2. The summed E-state index contributed by atoms with van der Waals surface area (Å²) < 4.78 is 0. The van der Waals surface area contributed by atoms with Gasteiger partial charge in [-0.2, -0.15) is 0 Å². The minimum Gasteiger partial charge on any atom is -0.296 e. The molecule has 0 aliphatic heterocycles. The Balaban J connectivity index is 1.66. The summed E-state index contributed by atoms with van der Waals surface area (Å²) in [4.78, 5) is 12.0. The fourth-order valence-electron chi connectivity index (χ4n) is 1.91. The molecule has 0 saturated carbocycles. The lowest BCUT2D eigenvalue weighted by Crippen LogP contribution is -2.11. The van der Waals surface area contributed by atoms with Crippen molar-refractivity contribution in [3.8, 4) is 0 Å². The highest BCUT2D eigenvalue weighted by atomic mass is 35.5. The standard InChI is InChI=1S/C16H12ClN3OS/c17-13-8-6-11(7-9-13)10-14-19-20-16(22-14)18-15(21)12-4-2-1-3-5-12/h1-9H,10H2,(H,18,20,21). The molecule has 0 atom stereocenters. The van der Waals surface area contributed by atoms with E-state index < -0.39 is 0 Å². The third-order valence-electron chi connectivity index (χ3n) is 2.99. The van der Waals surface area contributed by atoms with Gasteiger partial charge in [0.15, 0.2) is 0 Å². The Hall–Kier alpha value is -2.24. The number of aromatic nitrogens is 2. The molecule has 0 radical (unpaired) electrons. The van der Waals surface area contributed by atoms with Gasteiger partial charge in [0.2, 0.25) is 5.13 Å². The normalized spacial score (nSPS) is 10.4. The third-order valence-corrected chi connectivity index (χ3v) is 4.08. The van der Waals surface area contributed by atoms with Gasteiger partial charge in [0.1, 0.15) is 5.01 Å². The van der Waals surface area contributed by atoms with Gasteiger partial charge in [-0.1, -0.05) is 53.3 Å². The topological polar surface area (TPSA) is 54.9 Å². The van der Waals surface area contributed by atoms with Crippen LogP contribution >= 0.6 is 22.9 Å². The Morgan fingerprint density at radius 3 is 2.50 bits per heavy atom. The van der Waals surface area contributed by atoms with Crippen LogP contribution in [0.25, 0.3) is 0 Å². The quantitative estimate of drug-likeness (QED) is 0.786. The summed E-state index contributed by atoms with van der Waals surface area (Å²) in [6.45, 7) is 0. The predicted molar refractivity (Wildman–Crippen MR) is 88.6 cm³/mol. The molecule has 1 N–H and O–H groups in total. The first-order chi connectivity index (χ1) is 10.7. The molecule has 110 valence electrons. The number of nitrogens with one attached hydrogen (secondary N) is 1. The fraction of sp³-hybridized carbons (Fsp3) is 0.0625. The number of benzene rings is 2. The Morgan fingerprint density at radius 1 is 1.05 bits per heavy atom. The van der Waals surface area contributed by atoms with Gasteiger partial charge < -0.3 is 0 Å². The molecule has 0 bridgehead atoms. The van der Waals surface area contributed by atoms with E-state index in [4.69, 9.17) is 11.6 Å². The van der Waals surface area contributed by atoms with E-state index in [1.54, 1.807) is 12.1 Å². The van der Waals surface area contributed by atoms with E-state index >= 15 is 0 Å². The maximum atomic E-state index is 12.0. The SMILES string of the molecule is O=C(Nc1nnc(Cc2ccc(Cl)cc2)s1)c1ccccc1. The van der Waals surface area contributed by atoms with Crippen molar-refractivity contribution in [2.75, 3.05) is 5.32 Å². The van der Waals surface area contributed by atoms with Crippen molar-refractivity contribution in [3.05, 3.63) is 75.8 Å². The summed E-state index contributed by atoms with van der Waals surface area (Å²) in [5.41, 5.74) is 1.69. The van der Waals surface area contributed by atoms with E-state index in [1.807, 2.05) is 42.5 Å². The first-order valence-corrected chi connectivity index (χ1v) is 7.83. The lowest BCUT2D eigenvalue weighted by Gasteiger charge is -2.00. The van der Waals surface area contributed by atoms with E-state index in [1.165, 1.54) is 11.3 Å². The number of hydrogen-bond donors (Lipinski definition) is 1. The van der Waals surface area contributed by atoms with Crippen molar-refractivity contribution >= 4 is 34.0 Å². The zero-order chi connectivity index (χ0) is 15.4. The van der Waals surface area contributed by atoms with Crippen LogP contribution in [-0.2, 0) is 6.42 Å². The van der Waals surface area contributed by atoms with Crippen LogP contribution in [0.4, 0.5) is 5.13 Å². The minimum absolute atomic E-state index is 0.185. The van der Waals surface area contributed by atoms with Gasteiger partial charge in [0, 0.05) is 17.0 Å². The molecular formula is C16H12ClN3OS. The second kappa shape index (κ2) is 6.68. The summed E-state index contributed by atoms with van der Waals surface area (Å²) >= 11 is 7.23. The maximum absolute atomic E-state index is 12.0. The molecule has 1 heterocycles. The van der Waals surface area contributed by atoms with Crippen LogP contribution in [0, 0.1) is 0 Å². The Labute approximate surface area is 136 Å². The lowest BCUT2D eigenvalue weighted by molar-refractivity contribution is 0.102. The number of halogens is 1. The molecular weight excluding hydrogens is 318 g/mol. The van der Waals surface area contributed by atoms with E-state index in [9.17, 15) is 4.79 Å². The average Bonchev–Trinajstić information content (AvgIpc) is 2.97. The zero-order valence-electron chi connectivity index (χ0n) is 11.5. The summed E-state index contributed by atoms with van der Waals surface area (Å²) in [6.07, 6.45) is 0.663. The van der Waals surface area contributed by atoms with Crippen LogP contribution in [0.1, 0.15) is 20.9 Å². The van der Waals surface area contributed by atoms with Crippen molar-refractivity contribution < 1.29 is 4.79 Å². The highest BCUT2D eigenvalue weighted by Crippen LogP contribution is 2.20. The summed E-state index contributed by atoms with van der Waals surface area (Å²) in [5.74, 6) is -0.185. The zero-order valence-corrected chi connectivity index (χ0v) is 13.1. The van der Waals surface area contributed by atoms with Gasteiger partial charge in [0.25, 0.3) is 5.91 Å². The molecule has 0 aliphatic carbocycles. The fourth-order valence-corrected chi connectivity index (χ4v) is 2.81. The first kappa shape index (κ1) is 14.7. The number of hydrogen-bond acceptors (Lipinski definition) is 4. The molecule has 0 aliphatic rings. The molecule has 3 rings (SSSR count). The number of anilines is 1. The Kier molecular flexibility index (Phi) is 4.46. The van der Waals surface area contributed by atoms with Gasteiger partial charge in [-0.3, -0.25) is 10.1 Å². The van der Waals surface area contributed by atoms with Crippen LogP contribution in [0.15, 0.2) is 54.6 Å². The van der Waals surface area contributed by atoms with Gasteiger partial charge >= 0.3 is 0 Å². The van der Waals surface area contributed by atoms with Crippen LogP contribution in [-0.4, -0.2) is 16.1 Å². The average molecular weight is 330 g/mol. The monoisotopic (exact) mass is 329 g/mol. The molecule has 0 saturated heterocycles.